The number of fused-ring (bicyclic) bond motifs is 2. The molecule has 50 heavy (non-hydrogen) atoms. The van der Waals surface area contributed by atoms with Crippen LogP contribution >= 0.6 is 0 Å². The molecule has 2 aliphatic carbocycles. The second kappa shape index (κ2) is 15.6. The van der Waals surface area contributed by atoms with Gasteiger partial charge in [-0.15, -0.1) is 0 Å². The van der Waals surface area contributed by atoms with Crippen LogP contribution < -0.4 is 0 Å². The molecule has 4 aromatic rings. The van der Waals surface area contributed by atoms with Crippen molar-refractivity contribution in [3.63, 3.8) is 0 Å². The van der Waals surface area contributed by atoms with Gasteiger partial charge in [-0.1, -0.05) is 0 Å². The van der Waals surface area contributed by atoms with Crippen LogP contribution in [0.3, 0.4) is 0 Å². The van der Waals surface area contributed by atoms with Crippen LogP contribution in [0.2, 0.25) is 21.4 Å². The summed E-state index contributed by atoms with van der Waals surface area (Å²) >= 11 is -4.00. The van der Waals surface area contributed by atoms with Crippen LogP contribution in [0, 0.1) is 27.7 Å². The molecule has 2 atom stereocenters. The summed E-state index contributed by atoms with van der Waals surface area (Å²) < 4.78 is 7.11. The van der Waals surface area contributed by atoms with E-state index in [1.54, 1.807) is 11.1 Å². The van der Waals surface area contributed by atoms with Crippen molar-refractivity contribution in [2.24, 2.45) is 0 Å². The van der Waals surface area contributed by atoms with Gasteiger partial charge in [-0.2, -0.15) is 0 Å². The fourth-order valence-corrected chi connectivity index (χ4v) is 63.4. The van der Waals surface area contributed by atoms with E-state index in [4.69, 9.17) is 0 Å². The van der Waals surface area contributed by atoms with Crippen molar-refractivity contribution in [1.82, 2.24) is 0 Å². The number of aryl methyl sites for hydroxylation is 2. The monoisotopic (exact) mass is 846 g/mol. The molecular formula is C48H62HfSi. The molecular weight excluding hydrogens is 783 g/mol. The molecule has 6 rings (SSSR count). The molecule has 2 unspecified atom stereocenters. The van der Waals surface area contributed by atoms with Gasteiger partial charge < -0.3 is 0 Å². The number of benzene rings is 4. The Morgan fingerprint density at radius 1 is 0.500 bits per heavy atom. The average molecular weight is 846 g/mol. The third kappa shape index (κ3) is 6.74. The molecule has 0 nitrogen and oxygen atoms in total. The van der Waals surface area contributed by atoms with Gasteiger partial charge in [0.1, 0.15) is 0 Å². The molecule has 2 heteroatoms. The maximum atomic E-state index is 2.98. The number of hydrogen-bond donors (Lipinski definition) is 0. The summed E-state index contributed by atoms with van der Waals surface area (Å²) in [7, 11) is 0. The van der Waals surface area contributed by atoms with Gasteiger partial charge in [0.25, 0.3) is 0 Å². The first-order chi connectivity index (χ1) is 24.1. The first-order valence-corrected chi connectivity index (χ1v) is 38.5. The van der Waals surface area contributed by atoms with Crippen LogP contribution in [0.15, 0.2) is 84.9 Å². The summed E-state index contributed by atoms with van der Waals surface area (Å²) in [6, 6.07) is 31.4. The zero-order valence-corrected chi connectivity index (χ0v) is 37.1. The molecule has 0 fully saturated rings. The first-order valence-electron chi connectivity index (χ1n) is 19.9. The molecule has 0 N–H and O–H groups in total. The molecule has 0 aliphatic heterocycles. The Morgan fingerprint density at radius 2 is 0.900 bits per heavy atom. The Labute approximate surface area is 306 Å². The molecule has 262 valence electrons. The number of hydrogen-bond acceptors (Lipinski definition) is 0. The van der Waals surface area contributed by atoms with Crippen molar-refractivity contribution >= 4 is 17.6 Å². The molecule has 0 spiro atoms. The van der Waals surface area contributed by atoms with Gasteiger partial charge >= 0.3 is 308 Å². The number of rotatable bonds is 14. The van der Waals surface area contributed by atoms with Crippen LogP contribution in [0.4, 0.5) is 0 Å². The zero-order chi connectivity index (χ0) is 35.5. The summed E-state index contributed by atoms with van der Waals surface area (Å²) in [6.45, 7) is 13.9. The van der Waals surface area contributed by atoms with Gasteiger partial charge in [0.15, 0.2) is 0 Å². The van der Waals surface area contributed by atoms with E-state index in [1.165, 1.54) is 119 Å². The Balaban J connectivity index is 1.58. The quantitative estimate of drug-likeness (QED) is 0.0876. The fourth-order valence-electron chi connectivity index (χ4n) is 9.85. The molecule has 4 aromatic carbocycles. The Morgan fingerprint density at radius 3 is 1.32 bits per heavy atom. The van der Waals surface area contributed by atoms with Gasteiger partial charge in [-0.25, -0.2) is 0 Å². The van der Waals surface area contributed by atoms with Crippen molar-refractivity contribution < 1.29 is 17.1 Å². The Kier molecular flexibility index (Phi) is 11.6. The van der Waals surface area contributed by atoms with E-state index in [1.807, 2.05) is 0 Å². The van der Waals surface area contributed by atoms with E-state index in [0.29, 0.717) is 7.35 Å². The fraction of sp³-hybridized carbons (Fsp3) is 0.417. The van der Waals surface area contributed by atoms with Crippen molar-refractivity contribution in [2.45, 2.75) is 122 Å². The third-order valence-corrected chi connectivity index (χ3v) is 69.4. The van der Waals surface area contributed by atoms with E-state index < -0.39 is 22.6 Å². The standard InChI is InChI=1S/2C17H15.C12H26Si.2CH3.Hf/c2*1-12-6-3-9-15(13(12)2)17-11-5-8-14-7-4-10-16(14)17;1-3-5-7-9-11-13-12-10-8-6-4-2;;;/h2*3-11H,1-2H3;3-12H2,1-2H3;2*1H3;. The second-order valence-corrected chi connectivity index (χ2v) is 62.6. The van der Waals surface area contributed by atoms with Gasteiger partial charge in [0.05, 0.1) is 0 Å². The molecule has 0 heterocycles. The zero-order valence-electron chi connectivity index (χ0n) is 32.5. The summed E-state index contributed by atoms with van der Waals surface area (Å²) in [6.07, 6.45) is 21.6. The molecule has 0 bridgehead atoms. The van der Waals surface area contributed by atoms with Crippen LogP contribution in [-0.2, 0) is 17.1 Å². The van der Waals surface area contributed by atoms with Crippen molar-refractivity contribution in [2.75, 3.05) is 0 Å². The summed E-state index contributed by atoms with van der Waals surface area (Å²) in [5, 5.41) is 0. The van der Waals surface area contributed by atoms with E-state index in [2.05, 4.69) is 148 Å². The van der Waals surface area contributed by atoms with Crippen LogP contribution in [0.25, 0.3) is 34.4 Å². The van der Waals surface area contributed by atoms with Gasteiger partial charge in [-0.05, 0) is 0 Å². The maximum absolute atomic E-state index is 4.00. The van der Waals surface area contributed by atoms with Crippen molar-refractivity contribution in [3.8, 4) is 22.3 Å². The predicted molar refractivity (Wildman–Crippen MR) is 222 cm³/mol. The van der Waals surface area contributed by atoms with Crippen molar-refractivity contribution in [3.05, 3.63) is 129 Å². The van der Waals surface area contributed by atoms with E-state index in [-0.39, 0.29) is 0 Å². The van der Waals surface area contributed by atoms with Crippen molar-refractivity contribution in [1.29, 1.82) is 0 Å². The molecule has 0 saturated carbocycles. The Hall–Kier alpha value is -2.55. The number of allylic oxidation sites excluding steroid dienone is 2. The normalized spacial score (nSPS) is 16.6. The topological polar surface area (TPSA) is 0 Å². The Bertz CT molecular complexity index is 1860. The summed E-state index contributed by atoms with van der Waals surface area (Å²) in [4.78, 5) is 0. The molecule has 0 aromatic heterocycles. The molecule has 0 radical (unpaired) electrons. The minimum absolute atomic E-state index is 0.572. The summed E-state index contributed by atoms with van der Waals surface area (Å²) in [5.41, 5.74) is 16.9. The minimum atomic E-state index is -4.00. The summed E-state index contributed by atoms with van der Waals surface area (Å²) in [5.74, 6) is 0. The molecule has 0 amide bonds. The van der Waals surface area contributed by atoms with Crippen LogP contribution in [0.1, 0.15) is 117 Å². The van der Waals surface area contributed by atoms with Gasteiger partial charge in [0.2, 0.25) is 0 Å². The van der Waals surface area contributed by atoms with Crippen LogP contribution in [0.5, 0.6) is 0 Å². The SMILES string of the molecule is CCCCCC[Si](CCCCCC)=[Hf]([CH3])([CH3])([CH]1C=Cc2c(-c3cccc(C)c3C)cccc21)[CH]1C=Cc2c(-c3cccc(C)c3C)cccc21. The van der Waals surface area contributed by atoms with E-state index >= 15 is 0 Å². The van der Waals surface area contributed by atoms with E-state index in [9.17, 15) is 0 Å². The third-order valence-electron chi connectivity index (χ3n) is 13.3. The van der Waals surface area contributed by atoms with E-state index in [0.717, 1.165) is 0 Å². The average Bonchev–Trinajstić information content (AvgIpc) is 3.77. The van der Waals surface area contributed by atoms with Gasteiger partial charge in [0, 0.05) is 0 Å². The first kappa shape index (κ1) is 37.2. The number of unbranched alkanes of at least 4 members (excludes halogenated alkanes) is 6. The second-order valence-electron chi connectivity index (χ2n) is 16.6. The molecule has 0 saturated heterocycles. The van der Waals surface area contributed by atoms with Gasteiger partial charge in [-0.3, -0.25) is 0 Å². The predicted octanol–water partition coefficient (Wildman–Crippen LogP) is 15.0. The van der Waals surface area contributed by atoms with Crippen LogP contribution in [-0.4, -0.2) is 5.49 Å². The molecule has 2 aliphatic rings.